The maximum Gasteiger partial charge on any atom is 0.163 e. The van der Waals surface area contributed by atoms with Gasteiger partial charge in [-0.15, -0.1) is 0 Å². The van der Waals surface area contributed by atoms with Gasteiger partial charge in [0.15, 0.2) is 11.6 Å². The molecule has 0 aliphatic carbocycles. The third-order valence-electron chi connectivity index (χ3n) is 2.98. The molecule has 0 aromatic heterocycles. The van der Waals surface area contributed by atoms with Crippen LogP contribution < -0.4 is 5.32 Å². The smallest absolute Gasteiger partial charge is 0.163 e. The highest BCUT2D eigenvalue weighted by Crippen LogP contribution is 2.30. The van der Waals surface area contributed by atoms with E-state index in [0.717, 1.165) is 16.1 Å². The topological polar surface area (TPSA) is 12.0 Å². The van der Waals surface area contributed by atoms with Crippen LogP contribution in [0.4, 0.5) is 8.78 Å². The minimum absolute atomic E-state index is 0.269. The summed E-state index contributed by atoms with van der Waals surface area (Å²) < 4.78 is 28.1. The summed E-state index contributed by atoms with van der Waals surface area (Å²) in [4.78, 5) is 0. The van der Waals surface area contributed by atoms with Crippen LogP contribution in [0.1, 0.15) is 24.1 Å². The van der Waals surface area contributed by atoms with E-state index in [4.69, 9.17) is 11.6 Å². The summed E-state index contributed by atoms with van der Waals surface area (Å²) in [6.45, 7) is 2.53. The molecule has 0 aliphatic heterocycles. The quantitative estimate of drug-likeness (QED) is 0.802. The number of halogens is 4. The summed E-state index contributed by atoms with van der Waals surface area (Å²) in [5.74, 6) is -1.69. The summed E-state index contributed by atoms with van der Waals surface area (Å²) in [6.07, 6.45) is 0. The molecule has 0 saturated carbocycles. The van der Waals surface area contributed by atoms with Gasteiger partial charge in [-0.3, -0.25) is 0 Å². The number of benzene rings is 2. The Kier molecular flexibility index (Phi) is 5.13. The molecule has 0 saturated heterocycles. The fourth-order valence-electron chi connectivity index (χ4n) is 2.05. The second kappa shape index (κ2) is 6.66. The minimum Gasteiger partial charge on any atom is -0.306 e. The van der Waals surface area contributed by atoms with Crippen LogP contribution in [0.15, 0.2) is 40.9 Å². The molecule has 0 bridgehead atoms. The van der Waals surface area contributed by atoms with Crippen molar-refractivity contribution in [3.8, 4) is 0 Å². The summed E-state index contributed by atoms with van der Waals surface area (Å²) in [5.41, 5.74) is 1.05. The predicted octanol–water partition coefficient (Wildman–Crippen LogP) is 5.08. The zero-order valence-corrected chi connectivity index (χ0v) is 13.1. The monoisotopic (exact) mass is 359 g/mol. The maximum absolute atomic E-state index is 14.0. The van der Waals surface area contributed by atoms with Crippen molar-refractivity contribution in [2.24, 2.45) is 0 Å². The molecule has 0 radical (unpaired) electrons. The van der Waals surface area contributed by atoms with E-state index in [9.17, 15) is 8.78 Å². The van der Waals surface area contributed by atoms with Crippen LogP contribution in [0.25, 0.3) is 0 Å². The Morgan fingerprint density at radius 1 is 1.25 bits per heavy atom. The molecule has 20 heavy (non-hydrogen) atoms. The molecule has 2 aromatic carbocycles. The third-order valence-corrected chi connectivity index (χ3v) is 4.21. The summed E-state index contributed by atoms with van der Waals surface area (Å²) in [5, 5.41) is 3.68. The molecule has 1 atom stereocenters. The van der Waals surface area contributed by atoms with Gasteiger partial charge in [0.1, 0.15) is 0 Å². The van der Waals surface area contributed by atoms with E-state index in [-0.39, 0.29) is 5.56 Å². The first-order chi connectivity index (χ1) is 9.54. The highest BCUT2D eigenvalue weighted by atomic mass is 79.9. The third kappa shape index (κ3) is 3.19. The molecular weight excluding hydrogens is 348 g/mol. The molecule has 0 aliphatic rings. The van der Waals surface area contributed by atoms with Crippen LogP contribution in [-0.4, -0.2) is 6.54 Å². The lowest BCUT2D eigenvalue weighted by Gasteiger charge is -2.20. The van der Waals surface area contributed by atoms with Crippen LogP contribution in [-0.2, 0) is 0 Å². The Morgan fingerprint density at radius 3 is 2.65 bits per heavy atom. The fraction of sp³-hybridized carbons (Fsp3) is 0.200. The summed E-state index contributed by atoms with van der Waals surface area (Å²) in [6, 6.07) is 9.09. The first-order valence-corrected chi connectivity index (χ1v) is 7.34. The van der Waals surface area contributed by atoms with Crippen LogP contribution >= 0.6 is 27.5 Å². The van der Waals surface area contributed by atoms with Crippen molar-refractivity contribution in [1.29, 1.82) is 0 Å². The van der Waals surface area contributed by atoms with E-state index in [2.05, 4.69) is 21.2 Å². The highest BCUT2D eigenvalue weighted by Gasteiger charge is 2.19. The molecule has 1 unspecified atom stereocenters. The second-order valence-electron chi connectivity index (χ2n) is 4.31. The number of nitrogens with one attached hydrogen (secondary N) is 1. The standard InChI is InChI=1S/C15H13BrClF2N/c1-2-20-15(9-6-7-11(16)12(17)8-9)10-4-3-5-13(18)14(10)19/h3-8,15,20H,2H2,1H3. The van der Waals surface area contributed by atoms with Gasteiger partial charge in [-0.1, -0.05) is 36.7 Å². The Bertz CT molecular complexity index is 619. The largest absolute Gasteiger partial charge is 0.306 e. The van der Waals surface area contributed by atoms with E-state index in [0.29, 0.717) is 11.6 Å². The zero-order chi connectivity index (χ0) is 14.7. The molecule has 106 valence electrons. The van der Waals surface area contributed by atoms with Crippen LogP contribution in [0.2, 0.25) is 5.02 Å². The van der Waals surface area contributed by atoms with E-state index in [1.54, 1.807) is 18.2 Å². The van der Waals surface area contributed by atoms with Gasteiger partial charge in [0.25, 0.3) is 0 Å². The molecule has 0 spiro atoms. The van der Waals surface area contributed by atoms with Crippen LogP contribution in [0.5, 0.6) is 0 Å². The number of hydrogen-bond donors (Lipinski definition) is 1. The van der Waals surface area contributed by atoms with Gasteiger partial charge in [0.05, 0.1) is 11.1 Å². The SMILES string of the molecule is CCNC(c1ccc(Br)c(Cl)c1)c1cccc(F)c1F. The fourth-order valence-corrected chi connectivity index (χ4v) is 2.48. The molecule has 1 nitrogen and oxygen atoms in total. The van der Waals surface area contributed by atoms with Gasteiger partial charge < -0.3 is 5.32 Å². The molecule has 5 heteroatoms. The molecule has 2 rings (SSSR count). The normalized spacial score (nSPS) is 12.4. The molecular formula is C15H13BrClF2N. The summed E-state index contributed by atoms with van der Waals surface area (Å²) in [7, 11) is 0. The van der Waals surface area contributed by atoms with Crippen molar-refractivity contribution in [2.45, 2.75) is 13.0 Å². The first-order valence-electron chi connectivity index (χ1n) is 6.16. The Hall–Kier alpha value is -0.970. The van der Waals surface area contributed by atoms with Crippen molar-refractivity contribution >= 4 is 27.5 Å². The predicted molar refractivity (Wildman–Crippen MR) is 81.0 cm³/mol. The molecule has 0 amide bonds. The van der Waals surface area contributed by atoms with E-state index in [1.165, 1.54) is 6.07 Å². The highest BCUT2D eigenvalue weighted by molar-refractivity contribution is 9.10. The van der Waals surface area contributed by atoms with Crippen molar-refractivity contribution in [3.05, 3.63) is 68.7 Å². The van der Waals surface area contributed by atoms with Gasteiger partial charge >= 0.3 is 0 Å². The summed E-state index contributed by atoms with van der Waals surface area (Å²) >= 11 is 9.39. The van der Waals surface area contributed by atoms with E-state index in [1.807, 2.05) is 13.0 Å². The van der Waals surface area contributed by atoms with Gasteiger partial charge in [0.2, 0.25) is 0 Å². The molecule has 1 N–H and O–H groups in total. The minimum atomic E-state index is -0.853. The number of hydrogen-bond acceptors (Lipinski definition) is 1. The average Bonchev–Trinajstić information content (AvgIpc) is 2.43. The van der Waals surface area contributed by atoms with Gasteiger partial charge in [-0.05, 0) is 46.2 Å². The van der Waals surface area contributed by atoms with E-state index >= 15 is 0 Å². The van der Waals surface area contributed by atoms with Crippen LogP contribution in [0, 0.1) is 11.6 Å². The first kappa shape index (κ1) is 15.4. The van der Waals surface area contributed by atoms with E-state index < -0.39 is 17.7 Å². The lowest BCUT2D eigenvalue weighted by Crippen LogP contribution is -2.23. The number of rotatable bonds is 4. The van der Waals surface area contributed by atoms with Crippen molar-refractivity contribution in [1.82, 2.24) is 5.32 Å². The maximum atomic E-state index is 14.0. The van der Waals surface area contributed by atoms with Crippen molar-refractivity contribution in [3.63, 3.8) is 0 Å². The Labute approximate surface area is 130 Å². The molecule has 2 aromatic rings. The van der Waals surface area contributed by atoms with Crippen LogP contribution in [0.3, 0.4) is 0 Å². The van der Waals surface area contributed by atoms with Gasteiger partial charge in [-0.25, -0.2) is 8.78 Å². The van der Waals surface area contributed by atoms with Gasteiger partial charge in [-0.2, -0.15) is 0 Å². The van der Waals surface area contributed by atoms with Crippen molar-refractivity contribution in [2.75, 3.05) is 6.54 Å². The van der Waals surface area contributed by atoms with Gasteiger partial charge in [0, 0.05) is 10.0 Å². The lowest BCUT2D eigenvalue weighted by molar-refractivity contribution is 0.483. The van der Waals surface area contributed by atoms with Crippen molar-refractivity contribution < 1.29 is 8.78 Å². The second-order valence-corrected chi connectivity index (χ2v) is 5.57. The molecule has 0 heterocycles. The Morgan fingerprint density at radius 2 is 2.00 bits per heavy atom. The zero-order valence-electron chi connectivity index (χ0n) is 10.8. The average molecular weight is 361 g/mol. The lowest BCUT2D eigenvalue weighted by atomic mass is 9.98. The Balaban J connectivity index is 2.50. The molecule has 0 fully saturated rings.